The lowest BCUT2D eigenvalue weighted by Gasteiger charge is -2.13. The quantitative estimate of drug-likeness (QED) is 0.794. The van der Waals surface area contributed by atoms with Crippen molar-refractivity contribution in [1.82, 2.24) is 5.32 Å². The molecular weight excluding hydrogens is 358 g/mol. The predicted molar refractivity (Wildman–Crippen MR) is 101 cm³/mol. The number of carbonyl (C=O) groups excluding carboxylic acids is 2. The Morgan fingerprint density at radius 2 is 2.16 bits per heavy atom. The van der Waals surface area contributed by atoms with E-state index in [0.29, 0.717) is 27.7 Å². The van der Waals surface area contributed by atoms with Crippen molar-refractivity contribution in [2.24, 2.45) is 16.8 Å². The highest BCUT2D eigenvalue weighted by Gasteiger charge is 2.38. The van der Waals surface area contributed by atoms with Gasteiger partial charge in [0.2, 0.25) is 11.8 Å². The first-order valence-electron chi connectivity index (χ1n) is 8.36. The van der Waals surface area contributed by atoms with Crippen molar-refractivity contribution in [2.75, 3.05) is 5.32 Å². The summed E-state index contributed by atoms with van der Waals surface area (Å²) >= 11 is 7.39. The van der Waals surface area contributed by atoms with E-state index in [1.165, 1.54) is 18.2 Å². The third kappa shape index (κ3) is 3.60. The smallest absolute Gasteiger partial charge is 0.240 e. The number of amides is 2. The van der Waals surface area contributed by atoms with E-state index in [4.69, 9.17) is 16.6 Å². The standard InChI is InChI=1S/C18H18ClN3O2S/c19-12-3-1-2-4-13(12)20-16(23)9-15-17(24)22-18(25-15)21-14-8-10-5-6-11(14)7-10/h1-6,10-11,14-15H,7-9H2,(H,20,23)(H,21,22,24)/t10-,11-,14-,15-/m0/s1. The number of benzene rings is 1. The van der Waals surface area contributed by atoms with Gasteiger partial charge in [-0.15, -0.1) is 0 Å². The normalized spacial score (nSPS) is 31.6. The van der Waals surface area contributed by atoms with Gasteiger partial charge in [0.15, 0.2) is 5.17 Å². The van der Waals surface area contributed by atoms with Crippen LogP contribution in [0.5, 0.6) is 0 Å². The van der Waals surface area contributed by atoms with Gasteiger partial charge in [-0.3, -0.25) is 14.6 Å². The number of halogens is 1. The summed E-state index contributed by atoms with van der Waals surface area (Å²) in [6, 6.07) is 7.30. The number of nitrogens with zero attached hydrogens (tertiary/aromatic N) is 1. The summed E-state index contributed by atoms with van der Waals surface area (Å²) in [4.78, 5) is 29.1. The zero-order valence-electron chi connectivity index (χ0n) is 13.4. The minimum Gasteiger partial charge on any atom is -0.325 e. The number of fused-ring (bicyclic) bond motifs is 2. The SMILES string of the molecule is O=C(C[C@@H]1SC(=N[C@H]2C[C@H]3C=C[C@H]2C3)NC1=O)Nc1ccccc1Cl. The summed E-state index contributed by atoms with van der Waals surface area (Å²) in [7, 11) is 0. The zero-order valence-corrected chi connectivity index (χ0v) is 15.0. The maximum atomic E-state index is 12.2. The van der Waals surface area contributed by atoms with Crippen LogP contribution < -0.4 is 10.6 Å². The van der Waals surface area contributed by atoms with E-state index in [-0.39, 0.29) is 24.3 Å². The van der Waals surface area contributed by atoms with E-state index in [1.807, 2.05) is 0 Å². The van der Waals surface area contributed by atoms with Gasteiger partial charge in [0.25, 0.3) is 0 Å². The van der Waals surface area contributed by atoms with E-state index in [2.05, 4.69) is 22.8 Å². The average Bonchev–Trinajstić information content (AvgIpc) is 3.27. The number of nitrogens with one attached hydrogen (secondary N) is 2. The molecule has 2 N–H and O–H groups in total. The van der Waals surface area contributed by atoms with Crippen molar-refractivity contribution in [1.29, 1.82) is 0 Å². The molecule has 130 valence electrons. The molecule has 2 amide bonds. The molecule has 2 bridgehead atoms. The summed E-state index contributed by atoms with van der Waals surface area (Å²) in [6.07, 6.45) is 6.82. The molecule has 1 aliphatic heterocycles. The molecule has 3 aliphatic rings. The molecule has 1 saturated heterocycles. The van der Waals surface area contributed by atoms with E-state index in [1.54, 1.807) is 24.3 Å². The predicted octanol–water partition coefficient (Wildman–Crippen LogP) is 3.22. The van der Waals surface area contributed by atoms with Crippen molar-refractivity contribution in [3.63, 3.8) is 0 Å². The van der Waals surface area contributed by atoms with Gasteiger partial charge in [0.05, 0.1) is 16.8 Å². The summed E-state index contributed by atoms with van der Waals surface area (Å²) in [5, 5.41) is 6.24. The van der Waals surface area contributed by atoms with E-state index in [9.17, 15) is 9.59 Å². The molecule has 1 heterocycles. The number of thioether (sulfide) groups is 1. The molecule has 2 fully saturated rings. The Hall–Kier alpha value is -1.79. The van der Waals surface area contributed by atoms with Crippen LogP contribution in [0.1, 0.15) is 19.3 Å². The second-order valence-electron chi connectivity index (χ2n) is 6.61. The van der Waals surface area contributed by atoms with Gasteiger partial charge in [0.1, 0.15) is 5.25 Å². The molecular formula is C18H18ClN3O2S. The molecule has 5 nitrogen and oxygen atoms in total. The van der Waals surface area contributed by atoms with Crippen LogP contribution in [0.3, 0.4) is 0 Å². The Morgan fingerprint density at radius 3 is 2.88 bits per heavy atom. The van der Waals surface area contributed by atoms with Crippen molar-refractivity contribution in [2.45, 2.75) is 30.6 Å². The first-order chi connectivity index (χ1) is 12.1. The molecule has 1 aromatic rings. The number of para-hydroxylation sites is 1. The average molecular weight is 376 g/mol. The number of carbonyl (C=O) groups is 2. The van der Waals surface area contributed by atoms with Gasteiger partial charge in [-0.05, 0) is 36.8 Å². The zero-order chi connectivity index (χ0) is 17.4. The maximum absolute atomic E-state index is 12.2. The first kappa shape index (κ1) is 16.7. The fourth-order valence-corrected chi connectivity index (χ4v) is 4.79. The van der Waals surface area contributed by atoms with Crippen LogP contribution in [-0.4, -0.2) is 28.3 Å². The van der Waals surface area contributed by atoms with E-state index in [0.717, 1.165) is 6.42 Å². The lowest BCUT2D eigenvalue weighted by atomic mass is 10.0. The molecule has 0 radical (unpaired) electrons. The van der Waals surface area contributed by atoms with Crippen LogP contribution in [0, 0.1) is 11.8 Å². The van der Waals surface area contributed by atoms with E-state index >= 15 is 0 Å². The van der Waals surface area contributed by atoms with Crippen LogP contribution in [0.25, 0.3) is 0 Å². The molecule has 1 aromatic carbocycles. The molecule has 7 heteroatoms. The Bertz CT molecular complexity index is 779. The fraction of sp³-hybridized carbons (Fsp3) is 0.389. The highest BCUT2D eigenvalue weighted by molar-refractivity contribution is 8.15. The van der Waals surface area contributed by atoms with Gasteiger partial charge >= 0.3 is 0 Å². The minimum atomic E-state index is -0.449. The van der Waals surface area contributed by atoms with Crippen molar-refractivity contribution < 1.29 is 9.59 Å². The molecule has 4 rings (SSSR count). The summed E-state index contributed by atoms with van der Waals surface area (Å²) in [5.74, 6) is 0.748. The molecule has 0 unspecified atom stereocenters. The molecule has 0 spiro atoms. The van der Waals surface area contributed by atoms with Crippen molar-refractivity contribution in [3.8, 4) is 0 Å². The summed E-state index contributed by atoms with van der Waals surface area (Å²) < 4.78 is 0. The fourth-order valence-electron chi connectivity index (χ4n) is 3.58. The monoisotopic (exact) mass is 375 g/mol. The topological polar surface area (TPSA) is 70.6 Å². The van der Waals surface area contributed by atoms with Crippen LogP contribution in [-0.2, 0) is 9.59 Å². The number of hydrogen-bond donors (Lipinski definition) is 2. The Balaban J connectivity index is 1.35. The van der Waals surface area contributed by atoms with Crippen LogP contribution in [0.15, 0.2) is 41.4 Å². The van der Waals surface area contributed by atoms with Gasteiger partial charge in [-0.25, -0.2) is 0 Å². The Morgan fingerprint density at radius 1 is 1.32 bits per heavy atom. The summed E-state index contributed by atoms with van der Waals surface area (Å²) in [6.45, 7) is 0. The second-order valence-corrected chi connectivity index (χ2v) is 8.21. The number of rotatable bonds is 4. The van der Waals surface area contributed by atoms with Crippen molar-refractivity contribution in [3.05, 3.63) is 41.4 Å². The number of anilines is 1. The van der Waals surface area contributed by atoms with Gasteiger partial charge in [-0.2, -0.15) is 0 Å². The largest absolute Gasteiger partial charge is 0.325 e. The number of allylic oxidation sites excluding steroid dienone is 1. The van der Waals surface area contributed by atoms with Crippen LogP contribution in [0.4, 0.5) is 5.69 Å². The van der Waals surface area contributed by atoms with Gasteiger partial charge < -0.3 is 10.6 Å². The van der Waals surface area contributed by atoms with Gasteiger partial charge in [-0.1, -0.05) is 47.6 Å². The highest BCUT2D eigenvalue weighted by atomic mass is 35.5. The number of aliphatic imine (C=N–C) groups is 1. The lowest BCUT2D eigenvalue weighted by molar-refractivity contribution is -0.122. The number of amidine groups is 1. The van der Waals surface area contributed by atoms with Crippen LogP contribution in [0.2, 0.25) is 5.02 Å². The molecule has 2 aliphatic carbocycles. The lowest BCUT2D eigenvalue weighted by Crippen LogP contribution is -2.28. The molecule has 25 heavy (non-hydrogen) atoms. The molecule has 4 atom stereocenters. The number of hydrogen-bond acceptors (Lipinski definition) is 4. The Kier molecular flexibility index (Phi) is 4.56. The van der Waals surface area contributed by atoms with Gasteiger partial charge in [0, 0.05) is 6.42 Å². The maximum Gasteiger partial charge on any atom is 0.240 e. The third-order valence-corrected chi connectivity index (χ3v) is 6.25. The highest BCUT2D eigenvalue weighted by Crippen LogP contribution is 2.41. The molecule has 1 saturated carbocycles. The summed E-state index contributed by atoms with van der Waals surface area (Å²) in [5.41, 5.74) is 0.556. The minimum absolute atomic E-state index is 0.0946. The van der Waals surface area contributed by atoms with E-state index < -0.39 is 5.25 Å². The van der Waals surface area contributed by atoms with Crippen molar-refractivity contribution >= 4 is 46.0 Å². The second kappa shape index (κ2) is 6.84. The third-order valence-electron chi connectivity index (χ3n) is 4.82. The first-order valence-corrected chi connectivity index (χ1v) is 9.62. The molecule has 0 aromatic heterocycles. The van der Waals surface area contributed by atoms with Crippen LogP contribution >= 0.6 is 23.4 Å². The Labute approximate surface area is 155 Å².